The zero-order valence-corrected chi connectivity index (χ0v) is 12.1. The fraction of sp³-hybridized carbons (Fsp3) is 0.214. The third-order valence-corrected chi connectivity index (χ3v) is 3.99. The monoisotopic (exact) mass is 276 g/mol. The first-order valence-corrected chi connectivity index (χ1v) is 7.12. The second-order valence-corrected chi connectivity index (χ2v) is 5.54. The quantitative estimate of drug-likeness (QED) is 0.825. The molecule has 0 aliphatic carbocycles. The second kappa shape index (κ2) is 5.98. The van der Waals surface area contributed by atoms with Crippen LogP contribution in [0.2, 0.25) is 0 Å². The predicted octanol–water partition coefficient (Wildman–Crippen LogP) is 4.10. The van der Waals surface area contributed by atoms with Gasteiger partial charge in [-0.05, 0) is 49.1 Å². The molecule has 0 saturated carbocycles. The Kier molecular flexibility index (Phi) is 4.33. The Balaban J connectivity index is 1.95. The maximum atomic E-state index is 5.33. The third kappa shape index (κ3) is 3.31. The van der Waals surface area contributed by atoms with Gasteiger partial charge < -0.3 is 10.6 Å². The summed E-state index contributed by atoms with van der Waals surface area (Å²) in [6.07, 6.45) is 0. The van der Waals surface area contributed by atoms with E-state index in [1.165, 1.54) is 10.4 Å². The molecule has 94 valence electrons. The average Bonchev–Trinajstić information content (AvgIpc) is 2.85. The molecule has 0 spiro atoms. The van der Waals surface area contributed by atoms with Gasteiger partial charge in [-0.1, -0.05) is 24.3 Å². The number of anilines is 1. The van der Waals surface area contributed by atoms with Gasteiger partial charge in [-0.15, -0.1) is 11.3 Å². The number of aryl methyl sites for hydroxylation is 1. The summed E-state index contributed by atoms with van der Waals surface area (Å²) in [4.78, 5) is 1.28. The molecule has 0 saturated heterocycles. The smallest absolute Gasteiger partial charge is 0.171 e. The molecule has 2 rings (SSSR count). The molecule has 1 aromatic carbocycles. The topological polar surface area (TPSA) is 24.1 Å². The molecule has 1 aromatic heterocycles. The highest BCUT2D eigenvalue weighted by atomic mass is 32.1. The summed E-state index contributed by atoms with van der Waals surface area (Å²) in [5.74, 6) is 0. The normalized spacial score (nSPS) is 11.9. The van der Waals surface area contributed by atoms with E-state index in [4.69, 9.17) is 12.2 Å². The summed E-state index contributed by atoms with van der Waals surface area (Å²) < 4.78 is 0. The van der Waals surface area contributed by atoms with Gasteiger partial charge >= 0.3 is 0 Å². The standard InChI is InChI=1S/C14H16N2S2/c1-10-6-3-4-7-12(10)16-14(17)15-11(2)13-8-5-9-18-13/h3-9,11H,1-2H3,(H2,15,16,17)/t11-/m0/s1. The molecule has 4 heteroatoms. The Morgan fingerprint density at radius 2 is 2.00 bits per heavy atom. The highest BCUT2D eigenvalue weighted by Crippen LogP contribution is 2.19. The van der Waals surface area contributed by atoms with Crippen molar-refractivity contribution in [2.24, 2.45) is 0 Å². The van der Waals surface area contributed by atoms with Gasteiger partial charge in [0.15, 0.2) is 5.11 Å². The number of nitrogens with one attached hydrogen (secondary N) is 2. The number of hydrogen-bond acceptors (Lipinski definition) is 2. The lowest BCUT2D eigenvalue weighted by atomic mass is 10.2. The molecule has 2 aromatic rings. The lowest BCUT2D eigenvalue weighted by Gasteiger charge is -2.16. The third-order valence-electron chi connectivity index (χ3n) is 2.71. The summed E-state index contributed by atoms with van der Waals surface area (Å²) in [5.41, 5.74) is 2.24. The zero-order chi connectivity index (χ0) is 13.0. The van der Waals surface area contributed by atoms with Gasteiger partial charge in [0, 0.05) is 10.6 Å². The Bertz CT molecular complexity index is 520. The molecule has 0 amide bonds. The number of thiophene rings is 1. The van der Waals surface area contributed by atoms with Crippen LogP contribution in [0.1, 0.15) is 23.4 Å². The van der Waals surface area contributed by atoms with E-state index in [0.29, 0.717) is 5.11 Å². The van der Waals surface area contributed by atoms with Crippen molar-refractivity contribution in [1.29, 1.82) is 0 Å². The first-order chi connectivity index (χ1) is 8.66. The van der Waals surface area contributed by atoms with Crippen LogP contribution < -0.4 is 10.6 Å². The number of hydrogen-bond donors (Lipinski definition) is 2. The SMILES string of the molecule is Cc1ccccc1NC(=S)N[C@@H](C)c1cccs1. The molecule has 0 bridgehead atoms. The molecule has 0 fully saturated rings. The van der Waals surface area contributed by atoms with Crippen molar-refractivity contribution in [3.05, 3.63) is 52.2 Å². The maximum absolute atomic E-state index is 5.33. The van der Waals surface area contributed by atoms with Crippen molar-refractivity contribution in [2.45, 2.75) is 19.9 Å². The molecule has 2 N–H and O–H groups in total. The van der Waals surface area contributed by atoms with Crippen molar-refractivity contribution in [3.8, 4) is 0 Å². The summed E-state index contributed by atoms with van der Waals surface area (Å²) in [6.45, 7) is 4.17. The van der Waals surface area contributed by atoms with E-state index in [9.17, 15) is 0 Å². The van der Waals surface area contributed by atoms with Crippen LogP contribution in [0.3, 0.4) is 0 Å². The predicted molar refractivity (Wildman–Crippen MR) is 83.3 cm³/mol. The minimum absolute atomic E-state index is 0.231. The van der Waals surface area contributed by atoms with Gasteiger partial charge in [-0.25, -0.2) is 0 Å². The van der Waals surface area contributed by atoms with Crippen molar-refractivity contribution < 1.29 is 0 Å². The van der Waals surface area contributed by atoms with E-state index >= 15 is 0 Å². The first-order valence-electron chi connectivity index (χ1n) is 5.83. The maximum Gasteiger partial charge on any atom is 0.171 e. The molecule has 2 nitrogen and oxygen atoms in total. The highest BCUT2D eigenvalue weighted by molar-refractivity contribution is 7.80. The van der Waals surface area contributed by atoms with Crippen LogP contribution in [-0.2, 0) is 0 Å². The van der Waals surface area contributed by atoms with Crippen molar-refractivity contribution >= 4 is 34.4 Å². The molecule has 1 heterocycles. The molecule has 0 aliphatic heterocycles. The molecule has 1 atom stereocenters. The van der Waals surface area contributed by atoms with Crippen LogP contribution in [0.5, 0.6) is 0 Å². The van der Waals surface area contributed by atoms with E-state index < -0.39 is 0 Å². The van der Waals surface area contributed by atoms with Crippen molar-refractivity contribution in [1.82, 2.24) is 5.32 Å². The summed E-state index contributed by atoms with van der Waals surface area (Å²) >= 11 is 7.06. The van der Waals surface area contributed by atoms with Crippen molar-refractivity contribution in [3.63, 3.8) is 0 Å². The minimum Gasteiger partial charge on any atom is -0.355 e. The molecule has 0 aliphatic rings. The Morgan fingerprint density at radius 1 is 1.22 bits per heavy atom. The van der Waals surface area contributed by atoms with Gasteiger partial charge in [0.1, 0.15) is 0 Å². The number of para-hydroxylation sites is 1. The van der Waals surface area contributed by atoms with Crippen LogP contribution in [-0.4, -0.2) is 5.11 Å². The Labute approximate surface area is 117 Å². The molecular weight excluding hydrogens is 260 g/mol. The van der Waals surface area contributed by atoms with Crippen molar-refractivity contribution in [2.75, 3.05) is 5.32 Å². The Hall–Kier alpha value is -1.39. The molecule has 0 unspecified atom stereocenters. The number of thiocarbonyl (C=S) groups is 1. The van der Waals surface area contributed by atoms with Gasteiger partial charge in [-0.3, -0.25) is 0 Å². The molecular formula is C14H16N2S2. The fourth-order valence-corrected chi connectivity index (χ4v) is 2.70. The largest absolute Gasteiger partial charge is 0.355 e. The lowest BCUT2D eigenvalue weighted by Crippen LogP contribution is -2.30. The van der Waals surface area contributed by atoms with Crippen LogP contribution in [0.25, 0.3) is 0 Å². The van der Waals surface area contributed by atoms with E-state index in [0.717, 1.165) is 5.69 Å². The van der Waals surface area contributed by atoms with E-state index in [2.05, 4.69) is 48.1 Å². The van der Waals surface area contributed by atoms with Gasteiger partial charge in [-0.2, -0.15) is 0 Å². The van der Waals surface area contributed by atoms with Crippen LogP contribution >= 0.6 is 23.6 Å². The lowest BCUT2D eigenvalue weighted by molar-refractivity contribution is 0.737. The van der Waals surface area contributed by atoms with E-state index in [1.807, 2.05) is 18.2 Å². The summed E-state index contributed by atoms with van der Waals surface area (Å²) in [6, 6.07) is 12.5. The second-order valence-electron chi connectivity index (χ2n) is 4.15. The first kappa shape index (κ1) is 13.1. The van der Waals surface area contributed by atoms with Crippen LogP contribution in [0.4, 0.5) is 5.69 Å². The van der Waals surface area contributed by atoms with Crippen LogP contribution in [0.15, 0.2) is 41.8 Å². The number of benzene rings is 1. The summed E-state index contributed by atoms with van der Waals surface area (Å²) in [5, 5.41) is 9.25. The summed E-state index contributed by atoms with van der Waals surface area (Å²) in [7, 11) is 0. The highest BCUT2D eigenvalue weighted by Gasteiger charge is 2.08. The van der Waals surface area contributed by atoms with Gasteiger partial charge in [0.05, 0.1) is 6.04 Å². The van der Waals surface area contributed by atoms with E-state index in [1.54, 1.807) is 11.3 Å². The number of rotatable bonds is 3. The molecule has 0 radical (unpaired) electrons. The van der Waals surface area contributed by atoms with Crippen LogP contribution in [0, 0.1) is 6.92 Å². The zero-order valence-electron chi connectivity index (χ0n) is 10.4. The average molecular weight is 276 g/mol. The van der Waals surface area contributed by atoms with E-state index in [-0.39, 0.29) is 6.04 Å². The fourth-order valence-electron chi connectivity index (χ4n) is 1.68. The molecule has 18 heavy (non-hydrogen) atoms. The van der Waals surface area contributed by atoms with Gasteiger partial charge in [0.25, 0.3) is 0 Å². The Morgan fingerprint density at radius 3 is 2.67 bits per heavy atom. The van der Waals surface area contributed by atoms with Gasteiger partial charge in [0.2, 0.25) is 0 Å². The minimum atomic E-state index is 0.231.